The highest BCUT2D eigenvalue weighted by Gasteiger charge is 2.24. The largest absolute Gasteiger partial charge is 0.507 e. The molecule has 0 aliphatic heterocycles. The number of aromatic carboxylic acids is 1. The number of amides is 1. The highest BCUT2D eigenvalue weighted by Crippen LogP contribution is 2.30. The van der Waals surface area contributed by atoms with Crippen molar-refractivity contribution >= 4 is 44.3 Å². The molecule has 0 fully saturated rings. The van der Waals surface area contributed by atoms with Crippen molar-refractivity contribution in [1.82, 2.24) is 4.37 Å². The number of carboxylic acids is 1. The number of rotatable bonds is 3. The Bertz CT molecular complexity index is 729. The van der Waals surface area contributed by atoms with Gasteiger partial charge < -0.3 is 15.1 Å². The third-order valence-corrected chi connectivity index (χ3v) is 4.55. The second kappa shape index (κ2) is 5.82. The number of hydrogen-bond acceptors (Lipinski definition) is 5. The lowest BCUT2D eigenvalue weighted by Gasteiger charge is -2.16. The van der Waals surface area contributed by atoms with Crippen LogP contribution in [0.1, 0.15) is 26.4 Å². The number of carbonyl (C=O) groups is 2. The van der Waals surface area contributed by atoms with Crippen molar-refractivity contribution in [3.8, 4) is 5.75 Å². The molecule has 0 radical (unpaired) electrons. The predicted octanol–water partition coefficient (Wildman–Crippen LogP) is 2.89. The fraction of sp³-hybridized carbons (Fsp3) is 0.154. The molecule has 1 amide bonds. The predicted molar refractivity (Wildman–Crippen MR) is 82.4 cm³/mol. The summed E-state index contributed by atoms with van der Waals surface area (Å²) in [7, 11) is 1.47. The third kappa shape index (κ3) is 2.91. The molecule has 2 aromatic rings. The van der Waals surface area contributed by atoms with Crippen molar-refractivity contribution in [2.75, 3.05) is 11.9 Å². The smallest absolute Gasteiger partial charge is 0.340 e. The van der Waals surface area contributed by atoms with Crippen LogP contribution in [0.15, 0.2) is 22.7 Å². The monoisotopic (exact) mass is 370 g/mol. The summed E-state index contributed by atoms with van der Waals surface area (Å²) in [5, 5.41) is 19.1. The summed E-state index contributed by atoms with van der Waals surface area (Å²) in [6.45, 7) is 1.58. The van der Waals surface area contributed by atoms with Gasteiger partial charge in [-0.25, -0.2) is 4.79 Å². The van der Waals surface area contributed by atoms with Crippen LogP contribution in [-0.4, -0.2) is 33.5 Å². The lowest BCUT2D eigenvalue weighted by atomic mass is 10.2. The summed E-state index contributed by atoms with van der Waals surface area (Å²) < 4.78 is 4.45. The molecule has 0 aliphatic rings. The van der Waals surface area contributed by atoms with Crippen LogP contribution in [0.25, 0.3) is 0 Å². The molecule has 0 saturated carbocycles. The number of aromatic hydroxyl groups is 1. The van der Waals surface area contributed by atoms with E-state index in [0.29, 0.717) is 10.2 Å². The topological polar surface area (TPSA) is 90.7 Å². The Kier molecular flexibility index (Phi) is 4.29. The van der Waals surface area contributed by atoms with Crippen LogP contribution in [0.4, 0.5) is 5.00 Å². The van der Waals surface area contributed by atoms with Crippen LogP contribution in [0.2, 0.25) is 0 Å². The van der Waals surface area contributed by atoms with Gasteiger partial charge in [0.05, 0.1) is 10.2 Å². The van der Waals surface area contributed by atoms with E-state index < -0.39 is 11.9 Å². The number of hydrogen-bond donors (Lipinski definition) is 2. The Morgan fingerprint density at radius 1 is 1.38 bits per heavy atom. The maximum atomic E-state index is 12.4. The maximum absolute atomic E-state index is 12.4. The van der Waals surface area contributed by atoms with Crippen molar-refractivity contribution < 1.29 is 19.8 Å². The van der Waals surface area contributed by atoms with Gasteiger partial charge in [-0.1, -0.05) is 0 Å². The highest BCUT2D eigenvalue weighted by molar-refractivity contribution is 9.10. The van der Waals surface area contributed by atoms with E-state index in [2.05, 4.69) is 20.3 Å². The lowest BCUT2D eigenvalue weighted by Crippen LogP contribution is -2.26. The van der Waals surface area contributed by atoms with E-state index >= 15 is 0 Å². The average molecular weight is 371 g/mol. The molecule has 1 aromatic heterocycles. The molecular weight excluding hydrogens is 360 g/mol. The van der Waals surface area contributed by atoms with E-state index in [1.165, 1.54) is 24.1 Å². The van der Waals surface area contributed by atoms with Crippen LogP contribution in [0, 0.1) is 6.92 Å². The first-order chi connectivity index (χ1) is 9.82. The Morgan fingerprint density at radius 2 is 2.05 bits per heavy atom. The van der Waals surface area contributed by atoms with Gasteiger partial charge in [0.1, 0.15) is 16.3 Å². The minimum Gasteiger partial charge on any atom is -0.507 e. The molecular formula is C13H11BrN2O4S. The first-order valence-corrected chi connectivity index (χ1v) is 7.35. The molecule has 0 unspecified atom stereocenters. The third-order valence-electron chi connectivity index (χ3n) is 2.86. The number of anilines is 1. The summed E-state index contributed by atoms with van der Waals surface area (Å²) in [5.74, 6) is -1.62. The van der Waals surface area contributed by atoms with Gasteiger partial charge in [0.25, 0.3) is 5.91 Å². The average Bonchev–Trinajstić information content (AvgIpc) is 2.82. The standard InChI is InChI=1S/C13H11BrN2O4S/c1-6-10(13(19)20)12(21-15-6)16(2)11(18)7-3-4-8(14)9(17)5-7/h3-5,17H,1-2H3,(H,19,20). The zero-order valence-electron chi connectivity index (χ0n) is 11.1. The van der Waals surface area contributed by atoms with Gasteiger partial charge in [-0.05, 0) is 52.6 Å². The second-order valence-electron chi connectivity index (χ2n) is 4.28. The quantitative estimate of drug-likeness (QED) is 0.866. The first kappa shape index (κ1) is 15.5. The molecule has 2 rings (SSSR count). The van der Waals surface area contributed by atoms with E-state index in [0.717, 1.165) is 11.5 Å². The number of phenols is 1. The van der Waals surface area contributed by atoms with Crippen LogP contribution < -0.4 is 4.90 Å². The van der Waals surface area contributed by atoms with Crippen molar-refractivity contribution in [1.29, 1.82) is 0 Å². The summed E-state index contributed by atoms with van der Waals surface area (Å²) >= 11 is 4.08. The zero-order chi connectivity index (χ0) is 15.7. The van der Waals surface area contributed by atoms with Gasteiger partial charge in [-0.3, -0.25) is 4.79 Å². The number of benzene rings is 1. The molecule has 8 heteroatoms. The van der Waals surface area contributed by atoms with Crippen LogP contribution in [0.3, 0.4) is 0 Å². The van der Waals surface area contributed by atoms with E-state index in [1.54, 1.807) is 13.0 Å². The number of aryl methyl sites for hydroxylation is 1. The van der Waals surface area contributed by atoms with Crippen molar-refractivity contribution in [3.05, 3.63) is 39.5 Å². The SMILES string of the molecule is Cc1nsc(N(C)C(=O)c2ccc(Br)c(O)c2)c1C(=O)O. The molecule has 6 nitrogen and oxygen atoms in total. The summed E-state index contributed by atoms with van der Waals surface area (Å²) in [5.41, 5.74) is 0.624. The summed E-state index contributed by atoms with van der Waals surface area (Å²) in [6, 6.07) is 4.40. The van der Waals surface area contributed by atoms with E-state index in [9.17, 15) is 19.8 Å². The Hall–Kier alpha value is -1.93. The second-order valence-corrected chi connectivity index (χ2v) is 5.89. The molecule has 110 valence electrons. The number of phenolic OH excluding ortho intramolecular Hbond substituents is 1. The van der Waals surface area contributed by atoms with E-state index in [1.807, 2.05) is 0 Å². The van der Waals surface area contributed by atoms with E-state index in [-0.39, 0.29) is 21.9 Å². The van der Waals surface area contributed by atoms with Crippen LogP contribution in [0.5, 0.6) is 5.75 Å². The Labute approximate surface area is 132 Å². The molecule has 2 N–H and O–H groups in total. The molecule has 0 aliphatic carbocycles. The molecule has 1 heterocycles. The first-order valence-electron chi connectivity index (χ1n) is 5.79. The van der Waals surface area contributed by atoms with Gasteiger partial charge in [-0.15, -0.1) is 0 Å². The minimum atomic E-state index is -1.13. The Morgan fingerprint density at radius 3 is 2.62 bits per heavy atom. The Balaban J connectivity index is 2.40. The highest BCUT2D eigenvalue weighted by atomic mass is 79.9. The number of carboxylic acid groups (broad SMARTS) is 1. The molecule has 0 bridgehead atoms. The fourth-order valence-electron chi connectivity index (χ4n) is 1.76. The number of halogens is 1. The summed E-state index contributed by atoms with van der Waals surface area (Å²) in [6.07, 6.45) is 0. The normalized spacial score (nSPS) is 10.4. The summed E-state index contributed by atoms with van der Waals surface area (Å²) in [4.78, 5) is 24.8. The van der Waals surface area contributed by atoms with Crippen molar-refractivity contribution in [2.45, 2.75) is 6.92 Å². The molecule has 1 aromatic carbocycles. The number of nitrogens with zero attached hydrogens (tertiary/aromatic N) is 2. The van der Waals surface area contributed by atoms with Gasteiger partial charge in [0.15, 0.2) is 0 Å². The molecule has 0 spiro atoms. The number of carbonyl (C=O) groups excluding carboxylic acids is 1. The van der Waals surface area contributed by atoms with Gasteiger partial charge >= 0.3 is 5.97 Å². The van der Waals surface area contributed by atoms with Gasteiger partial charge in [-0.2, -0.15) is 4.37 Å². The van der Waals surface area contributed by atoms with Crippen molar-refractivity contribution in [3.63, 3.8) is 0 Å². The van der Waals surface area contributed by atoms with Gasteiger partial charge in [0.2, 0.25) is 0 Å². The van der Waals surface area contributed by atoms with Crippen molar-refractivity contribution in [2.24, 2.45) is 0 Å². The molecule has 0 atom stereocenters. The zero-order valence-corrected chi connectivity index (χ0v) is 13.5. The lowest BCUT2D eigenvalue weighted by molar-refractivity contribution is 0.0697. The van der Waals surface area contributed by atoms with Crippen LogP contribution in [-0.2, 0) is 0 Å². The fourth-order valence-corrected chi connectivity index (χ4v) is 2.86. The van der Waals surface area contributed by atoms with E-state index in [4.69, 9.17) is 0 Å². The number of aromatic nitrogens is 1. The van der Waals surface area contributed by atoms with Crippen LogP contribution >= 0.6 is 27.5 Å². The molecule has 21 heavy (non-hydrogen) atoms. The maximum Gasteiger partial charge on any atom is 0.340 e. The van der Waals surface area contributed by atoms with Gasteiger partial charge in [0, 0.05) is 12.6 Å². The minimum absolute atomic E-state index is 0.0113. The molecule has 0 saturated heterocycles.